The predicted molar refractivity (Wildman–Crippen MR) is 63.5 cm³/mol. The van der Waals surface area contributed by atoms with Crippen LogP contribution in [0.15, 0.2) is 6.07 Å². The first-order valence-electron chi connectivity index (χ1n) is 4.96. The summed E-state index contributed by atoms with van der Waals surface area (Å²) in [6, 6.07) is 1.87. The first-order valence-corrected chi connectivity index (χ1v) is 5.34. The van der Waals surface area contributed by atoms with Gasteiger partial charge in [-0.25, -0.2) is 0 Å². The molecular formula is C12H15ClO3. The highest BCUT2D eigenvalue weighted by molar-refractivity contribution is 6.33. The van der Waals surface area contributed by atoms with Gasteiger partial charge in [0, 0.05) is 5.56 Å². The maximum absolute atomic E-state index is 11.0. The quantitative estimate of drug-likeness (QED) is 0.886. The van der Waals surface area contributed by atoms with Crippen molar-refractivity contribution in [1.29, 1.82) is 0 Å². The number of carboxylic acids is 1. The number of benzene rings is 1. The summed E-state index contributed by atoms with van der Waals surface area (Å²) in [6.07, 6.45) is 0. The highest BCUT2D eigenvalue weighted by Gasteiger charge is 2.23. The fourth-order valence-electron chi connectivity index (χ4n) is 1.80. The van der Waals surface area contributed by atoms with Crippen molar-refractivity contribution in [2.75, 3.05) is 7.11 Å². The van der Waals surface area contributed by atoms with E-state index in [1.807, 2.05) is 19.9 Å². The van der Waals surface area contributed by atoms with Crippen LogP contribution in [0, 0.1) is 13.8 Å². The Labute approximate surface area is 100.0 Å². The molecule has 0 heterocycles. The summed E-state index contributed by atoms with van der Waals surface area (Å²) in [4.78, 5) is 11.0. The fraction of sp³-hybridized carbons (Fsp3) is 0.417. The van der Waals surface area contributed by atoms with E-state index in [0.29, 0.717) is 16.3 Å². The lowest BCUT2D eigenvalue weighted by Crippen LogP contribution is -2.11. The Morgan fingerprint density at radius 2 is 2.00 bits per heavy atom. The monoisotopic (exact) mass is 242 g/mol. The molecule has 1 rings (SSSR count). The molecule has 1 unspecified atom stereocenters. The van der Waals surface area contributed by atoms with Crippen LogP contribution in [0.2, 0.25) is 5.02 Å². The second-order valence-corrected chi connectivity index (χ2v) is 4.21. The number of carbonyl (C=O) groups is 1. The van der Waals surface area contributed by atoms with Gasteiger partial charge < -0.3 is 9.84 Å². The van der Waals surface area contributed by atoms with Gasteiger partial charge in [-0.05, 0) is 31.9 Å². The lowest BCUT2D eigenvalue weighted by molar-refractivity contribution is -0.138. The molecule has 0 aliphatic carbocycles. The van der Waals surface area contributed by atoms with Crippen molar-refractivity contribution in [3.05, 3.63) is 27.8 Å². The molecule has 0 bridgehead atoms. The Morgan fingerprint density at radius 3 is 2.44 bits per heavy atom. The van der Waals surface area contributed by atoms with Crippen LogP contribution in [0.1, 0.15) is 29.5 Å². The SMILES string of the molecule is COc1c(Cl)c(C)cc(C)c1C(C)C(=O)O. The van der Waals surface area contributed by atoms with Gasteiger partial charge in [-0.3, -0.25) is 4.79 Å². The van der Waals surface area contributed by atoms with E-state index < -0.39 is 11.9 Å². The van der Waals surface area contributed by atoms with Gasteiger partial charge >= 0.3 is 5.97 Å². The maximum Gasteiger partial charge on any atom is 0.310 e. The van der Waals surface area contributed by atoms with Gasteiger partial charge in [-0.2, -0.15) is 0 Å². The molecule has 0 fully saturated rings. The Balaban J connectivity index is 3.48. The van der Waals surface area contributed by atoms with Gasteiger partial charge in [0.25, 0.3) is 0 Å². The Morgan fingerprint density at radius 1 is 1.44 bits per heavy atom. The molecule has 0 saturated heterocycles. The maximum atomic E-state index is 11.0. The molecule has 0 amide bonds. The van der Waals surface area contributed by atoms with Gasteiger partial charge in [0.1, 0.15) is 5.75 Å². The standard InChI is InChI=1S/C12H15ClO3/c1-6-5-7(2)10(13)11(16-4)9(6)8(3)12(14)15/h5,8H,1-4H3,(H,14,15). The number of hydrogen-bond acceptors (Lipinski definition) is 2. The summed E-state index contributed by atoms with van der Waals surface area (Å²) in [5.41, 5.74) is 2.41. The van der Waals surface area contributed by atoms with E-state index in [4.69, 9.17) is 21.4 Å². The van der Waals surface area contributed by atoms with Gasteiger partial charge in [-0.15, -0.1) is 0 Å². The average Bonchev–Trinajstić information content (AvgIpc) is 2.21. The molecule has 88 valence electrons. The largest absolute Gasteiger partial charge is 0.495 e. The summed E-state index contributed by atoms with van der Waals surface area (Å²) in [5, 5.41) is 9.52. The minimum Gasteiger partial charge on any atom is -0.495 e. The molecule has 0 saturated carbocycles. The molecule has 4 heteroatoms. The van der Waals surface area contributed by atoms with Crippen LogP contribution in [0.4, 0.5) is 0 Å². The van der Waals surface area contributed by atoms with Crippen LogP contribution in [0.5, 0.6) is 5.75 Å². The number of hydrogen-bond donors (Lipinski definition) is 1. The van der Waals surface area contributed by atoms with E-state index in [1.54, 1.807) is 6.92 Å². The zero-order valence-corrected chi connectivity index (χ0v) is 10.6. The van der Waals surface area contributed by atoms with Crippen LogP contribution >= 0.6 is 11.6 Å². The third-order valence-corrected chi connectivity index (χ3v) is 3.13. The first kappa shape index (κ1) is 12.8. The molecule has 1 atom stereocenters. The summed E-state index contributed by atoms with van der Waals surface area (Å²) < 4.78 is 5.21. The molecule has 3 nitrogen and oxygen atoms in total. The van der Waals surface area contributed by atoms with Crippen molar-refractivity contribution >= 4 is 17.6 Å². The summed E-state index contributed by atoms with van der Waals surface area (Å²) in [6.45, 7) is 5.35. The third kappa shape index (κ3) is 2.14. The van der Waals surface area contributed by atoms with Crippen molar-refractivity contribution in [2.45, 2.75) is 26.7 Å². The van der Waals surface area contributed by atoms with E-state index in [2.05, 4.69) is 0 Å². The molecule has 1 aromatic carbocycles. The molecule has 16 heavy (non-hydrogen) atoms. The van der Waals surface area contributed by atoms with Crippen LogP contribution < -0.4 is 4.74 Å². The summed E-state index contributed by atoms with van der Waals surface area (Å²) in [7, 11) is 1.50. The zero-order valence-electron chi connectivity index (χ0n) is 9.80. The molecule has 1 N–H and O–H groups in total. The second kappa shape index (κ2) is 4.74. The lowest BCUT2D eigenvalue weighted by Gasteiger charge is -2.18. The number of ether oxygens (including phenoxy) is 1. The van der Waals surface area contributed by atoms with E-state index in [9.17, 15) is 4.79 Å². The Hall–Kier alpha value is -1.22. The molecular weight excluding hydrogens is 228 g/mol. The van der Waals surface area contributed by atoms with Gasteiger partial charge in [0.05, 0.1) is 18.1 Å². The highest BCUT2D eigenvalue weighted by atomic mass is 35.5. The van der Waals surface area contributed by atoms with Crippen LogP contribution in [-0.2, 0) is 4.79 Å². The van der Waals surface area contributed by atoms with Crippen molar-refractivity contribution in [3.63, 3.8) is 0 Å². The van der Waals surface area contributed by atoms with E-state index in [1.165, 1.54) is 7.11 Å². The number of rotatable bonds is 3. The van der Waals surface area contributed by atoms with Crippen molar-refractivity contribution in [2.24, 2.45) is 0 Å². The number of methoxy groups -OCH3 is 1. The number of carboxylic acid groups (broad SMARTS) is 1. The predicted octanol–water partition coefficient (Wildman–Crippen LogP) is 3.15. The number of aliphatic carboxylic acids is 1. The topological polar surface area (TPSA) is 46.5 Å². The van der Waals surface area contributed by atoms with Crippen molar-refractivity contribution < 1.29 is 14.6 Å². The summed E-state index contributed by atoms with van der Waals surface area (Å²) >= 11 is 6.10. The minimum atomic E-state index is -0.888. The van der Waals surface area contributed by atoms with E-state index in [-0.39, 0.29) is 0 Å². The lowest BCUT2D eigenvalue weighted by atomic mass is 9.94. The fourth-order valence-corrected chi connectivity index (χ4v) is 2.04. The number of aryl methyl sites for hydroxylation is 2. The van der Waals surface area contributed by atoms with Crippen LogP contribution in [0.25, 0.3) is 0 Å². The minimum absolute atomic E-state index is 0.467. The summed E-state index contributed by atoms with van der Waals surface area (Å²) in [5.74, 6) is -1.05. The van der Waals surface area contributed by atoms with Crippen molar-refractivity contribution in [3.8, 4) is 5.75 Å². The zero-order chi connectivity index (χ0) is 12.5. The van der Waals surface area contributed by atoms with E-state index >= 15 is 0 Å². The smallest absolute Gasteiger partial charge is 0.310 e. The van der Waals surface area contributed by atoms with Gasteiger partial charge in [0.15, 0.2) is 0 Å². The second-order valence-electron chi connectivity index (χ2n) is 3.83. The molecule has 0 aromatic heterocycles. The third-order valence-electron chi connectivity index (χ3n) is 2.66. The molecule has 1 aromatic rings. The van der Waals surface area contributed by atoms with E-state index in [0.717, 1.165) is 11.1 Å². The Bertz CT molecular complexity index is 427. The highest BCUT2D eigenvalue weighted by Crippen LogP contribution is 2.38. The normalized spacial score (nSPS) is 12.3. The molecule has 0 radical (unpaired) electrons. The first-order chi connectivity index (χ1) is 7.40. The average molecular weight is 243 g/mol. The van der Waals surface area contributed by atoms with Crippen LogP contribution in [0.3, 0.4) is 0 Å². The molecule has 0 aliphatic rings. The van der Waals surface area contributed by atoms with Crippen LogP contribution in [-0.4, -0.2) is 18.2 Å². The molecule has 0 aliphatic heterocycles. The molecule has 0 spiro atoms. The van der Waals surface area contributed by atoms with Gasteiger partial charge in [-0.1, -0.05) is 17.7 Å². The van der Waals surface area contributed by atoms with Gasteiger partial charge in [0.2, 0.25) is 0 Å². The number of halogens is 1. The Kier molecular flexibility index (Phi) is 3.81. The van der Waals surface area contributed by atoms with Crippen molar-refractivity contribution in [1.82, 2.24) is 0 Å².